The van der Waals surface area contributed by atoms with Crippen LogP contribution in [0, 0.1) is 11.3 Å². The Bertz CT molecular complexity index is 1090. The molecule has 0 unspecified atom stereocenters. The Morgan fingerprint density at radius 2 is 1.43 bits per heavy atom. The van der Waals surface area contributed by atoms with Gasteiger partial charge in [-0.3, -0.25) is 14.6 Å². The summed E-state index contributed by atoms with van der Waals surface area (Å²) in [6.45, 7) is 19.5. The van der Waals surface area contributed by atoms with Crippen LogP contribution in [0.25, 0.3) is 0 Å². The van der Waals surface area contributed by atoms with Crippen molar-refractivity contribution in [2.75, 3.05) is 12.3 Å². The summed E-state index contributed by atoms with van der Waals surface area (Å²) < 4.78 is 10.8. The van der Waals surface area contributed by atoms with E-state index >= 15 is 0 Å². The topological polar surface area (TPSA) is 126 Å². The highest BCUT2D eigenvalue weighted by Crippen LogP contribution is 2.40. The molecule has 3 rings (SSSR count). The molecule has 0 spiro atoms. The van der Waals surface area contributed by atoms with Crippen molar-refractivity contribution in [2.45, 2.75) is 117 Å². The van der Waals surface area contributed by atoms with Crippen LogP contribution in [0.2, 0.25) is 0 Å². The molecule has 10 heteroatoms. The standard InChI is InChI=1S/C15H21N3O2S.C12H21NO3/c1-14(2,3)20-13(19)18-8-10-9(7-16)12(17)21-11(10)6-15(18,4)5;1-11(2,3)16-10(15)13-8-9(14)6-7-12(13,4)5/h6,8,17H2,1-5H3;6-8H2,1-5H3. The van der Waals surface area contributed by atoms with Gasteiger partial charge in [0.2, 0.25) is 0 Å². The molecule has 3 heterocycles. The predicted octanol–water partition coefficient (Wildman–Crippen LogP) is 5.64. The van der Waals surface area contributed by atoms with Crippen molar-refractivity contribution in [2.24, 2.45) is 0 Å². The van der Waals surface area contributed by atoms with Crippen molar-refractivity contribution in [1.29, 1.82) is 5.26 Å². The molecule has 0 saturated carbocycles. The summed E-state index contributed by atoms with van der Waals surface area (Å²) >= 11 is 1.45. The SMILES string of the molecule is CC(C)(C)OC(=O)N1CC(=O)CCC1(C)C.CC(C)(C)OC(=O)N1Cc2c(sc(N)c2C#N)CC1(C)C. The predicted molar refractivity (Wildman–Crippen MR) is 144 cm³/mol. The van der Waals surface area contributed by atoms with Gasteiger partial charge in [-0.1, -0.05) is 0 Å². The summed E-state index contributed by atoms with van der Waals surface area (Å²) in [6, 6.07) is 2.15. The summed E-state index contributed by atoms with van der Waals surface area (Å²) in [5, 5.41) is 9.78. The molecule has 0 aliphatic carbocycles. The minimum absolute atomic E-state index is 0.102. The van der Waals surface area contributed by atoms with Crippen molar-refractivity contribution < 1.29 is 23.9 Å². The fraction of sp³-hybridized carbons (Fsp3) is 0.704. The van der Waals surface area contributed by atoms with E-state index < -0.39 is 17.3 Å². The molecule has 0 aromatic carbocycles. The van der Waals surface area contributed by atoms with Gasteiger partial charge >= 0.3 is 12.2 Å². The van der Waals surface area contributed by atoms with E-state index in [1.54, 1.807) is 4.90 Å². The number of fused-ring (bicyclic) bond motifs is 1. The lowest BCUT2D eigenvalue weighted by Crippen LogP contribution is -2.54. The molecule has 9 nitrogen and oxygen atoms in total. The van der Waals surface area contributed by atoms with Crippen LogP contribution in [0.1, 0.15) is 98.1 Å². The fourth-order valence-corrected chi connectivity index (χ4v) is 5.39. The van der Waals surface area contributed by atoms with E-state index in [0.717, 1.165) is 10.4 Å². The van der Waals surface area contributed by atoms with Crippen LogP contribution in [0.15, 0.2) is 0 Å². The van der Waals surface area contributed by atoms with Crippen molar-refractivity contribution in [3.05, 3.63) is 16.0 Å². The highest BCUT2D eigenvalue weighted by atomic mass is 32.1. The maximum absolute atomic E-state index is 12.4. The van der Waals surface area contributed by atoms with E-state index in [1.807, 2.05) is 69.2 Å². The maximum Gasteiger partial charge on any atom is 0.411 e. The first-order valence-electron chi connectivity index (χ1n) is 12.5. The molecule has 1 saturated heterocycles. The second-order valence-electron chi connectivity index (χ2n) is 12.8. The van der Waals surface area contributed by atoms with Gasteiger partial charge in [-0.2, -0.15) is 5.26 Å². The summed E-state index contributed by atoms with van der Waals surface area (Å²) in [4.78, 5) is 40.1. The van der Waals surface area contributed by atoms with Crippen LogP contribution in [-0.2, 0) is 27.2 Å². The minimum atomic E-state index is -0.542. The normalized spacial score (nSPS) is 18.7. The van der Waals surface area contributed by atoms with Gasteiger partial charge < -0.3 is 15.2 Å². The molecule has 1 aromatic heterocycles. The average molecular weight is 535 g/mol. The first-order valence-corrected chi connectivity index (χ1v) is 13.3. The van der Waals surface area contributed by atoms with E-state index in [9.17, 15) is 19.6 Å². The number of nitrogens with zero attached hydrogens (tertiary/aromatic N) is 3. The largest absolute Gasteiger partial charge is 0.444 e. The Balaban J connectivity index is 0.000000271. The summed E-state index contributed by atoms with van der Waals surface area (Å²) in [7, 11) is 0. The van der Waals surface area contributed by atoms with Crippen molar-refractivity contribution in [1.82, 2.24) is 9.80 Å². The lowest BCUT2D eigenvalue weighted by molar-refractivity contribution is -0.125. The molecule has 206 valence electrons. The zero-order chi connectivity index (χ0) is 28.6. The Labute approximate surface area is 224 Å². The molecule has 0 radical (unpaired) electrons. The molecule has 0 atom stereocenters. The third-order valence-corrected chi connectivity index (χ3v) is 7.24. The number of amides is 2. The number of thiophene rings is 1. The van der Waals surface area contributed by atoms with Gasteiger partial charge in [-0.15, -0.1) is 11.3 Å². The Hall–Kier alpha value is -2.80. The van der Waals surface area contributed by atoms with Crippen LogP contribution >= 0.6 is 11.3 Å². The van der Waals surface area contributed by atoms with Crippen LogP contribution < -0.4 is 5.73 Å². The van der Waals surface area contributed by atoms with Crippen LogP contribution in [-0.4, -0.2) is 56.6 Å². The summed E-state index contributed by atoms with van der Waals surface area (Å²) in [5.74, 6) is 0.102. The number of likely N-dealkylation sites (tertiary alicyclic amines) is 1. The van der Waals surface area contributed by atoms with E-state index in [2.05, 4.69) is 6.07 Å². The number of rotatable bonds is 0. The van der Waals surface area contributed by atoms with E-state index in [1.165, 1.54) is 16.2 Å². The molecule has 2 amide bonds. The number of anilines is 1. The number of nitriles is 1. The number of piperidine rings is 1. The van der Waals surface area contributed by atoms with Crippen molar-refractivity contribution >= 4 is 34.3 Å². The quantitative estimate of drug-likeness (QED) is 0.456. The summed E-state index contributed by atoms with van der Waals surface area (Å²) in [6.07, 6.45) is 1.17. The molecule has 0 bridgehead atoms. The van der Waals surface area contributed by atoms with Gasteiger partial charge in [-0.05, 0) is 75.7 Å². The molecule has 37 heavy (non-hydrogen) atoms. The average Bonchev–Trinajstić information content (AvgIpc) is 2.99. The van der Waals surface area contributed by atoms with Gasteiger partial charge in [0.25, 0.3) is 0 Å². The van der Waals surface area contributed by atoms with Crippen molar-refractivity contribution in [3.63, 3.8) is 0 Å². The van der Waals surface area contributed by atoms with Gasteiger partial charge in [0, 0.05) is 34.4 Å². The van der Waals surface area contributed by atoms with E-state index in [0.29, 0.717) is 36.4 Å². The number of Topliss-reactive ketones (excluding diaryl/α,β-unsaturated/α-hetero) is 1. The Kier molecular flexibility index (Phi) is 8.65. The Morgan fingerprint density at radius 3 is 1.89 bits per heavy atom. The van der Waals surface area contributed by atoms with Crippen LogP contribution in [0.5, 0.6) is 0 Å². The third kappa shape index (κ3) is 7.84. The number of nitrogens with two attached hydrogens (primary N) is 1. The van der Waals surface area contributed by atoms with Crippen molar-refractivity contribution in [3.8, 4) is 6.07 Å². The van der Waals surface area contributed by atoms with Gasteiger partial charge in [0.05, 0.1) is 18.7 Å². The van der Waals surface area contributed by atoms with Crippen LogP contribution in [0.3, 0.4) is 0 Å². The van der Waals surface area contributed by atoms with E-state index in [-0.39, 0.29) is 29.5 Å². The minimum Gasteiger partial charge on any atom is -0.444 e. The van der Waals surface area contributed by atoms with Crippen LogP contribution in [0.4, 0.5) is 14.6 Å². The molecular weight excluding hydrogens is 492 g/mol. The number of ketones is 1. The molecule has 2 aliphatic heterocycles. The van der Waals surface area contributed by atoms with Gasteiger partial charge in [0.1, 0.15) is 22.3 Å². The molecular formula is C27H42N4O5S. The smallest absolute Gasteiger partial charge is 0.411 e. The zero-order valence-corrected chi connectivity index (χ0v) is 24.7. The number of hydrogen-bond donors (Lipinski definition) is 1. The monoisotopic (exact) mass is 534 g/mol. The Morgan fingerprint density at radius 1 is 0.946 bits per heavy atom. The van der Waals surface area contributed by atoms with E-state index in [4.69, 9.17) is 15.2 Å². The first-order chi connectivity index (χ1) is 16.7. The third-order valence-electron chi connectivity index (χ3n) is 6.18. The number of ether oxygens (including phenoxy) is 2. The second-order valence-corrected chi connectivity index (χ2v) is 14.0. The first kappa shape index (κ1) is 30.4. The maximum atomic E-state index is 12.4. The van der Waals surface area contributed by atoms with Gasteiger partial charge in [-0.25, -0.2) is 9.59 Å². The molecule has 2 N–H and O–H groups in total. The van der Waals surface area contributed by atoms with Gasteiger partial charge in [0.15, 0.2) is 5.78 Å². The molecule has 1 aromatic rings. The molecule has 1 fully saturated rings. The second kappa shape index (κ2) is 10.5. The fourth-order valence-electron chi connectivity index (χ4n) is 4.13. The highest BCUT2D eigenvalue weighted by molar-refractivity contribution is 7.16. The lowest BCUT2D eigenvalue weighted by Gasteiger charge is -2.42. The zero-order valence-electron chi connectivity index (χ0n) is 23.9. The summed E-state index contributed by atoms with van der Waals surface area (Å²) in [5.41, 5.74) is 5.55. The highest BCUT2D eigenvalue weighted by Gasteiger charge is 2.41. The number of nitrogen functional groups attached to an aromatic ring is 1. The number of carbonyl (C=O) groups is 3. The lowest BCUT2D eigenvalue weighted by atomic mass is 9.90. The number of carbonyl (C=O) groups excluding carboxylic acids is 3. The number of hydrogen-bond acceptors (Lipinski definition) is 8. The molecule has 2 aliphatic rings.